The molecule has 2 rings (SSSR count). The number of allylic oxidation sites excluding steroid dienone is 4. The molecule has 0 aromatic rings. The monoisotopic (exact) mass is 284 g/mol. The Morgan fingerprint density at radius 2 is 2.10 bits per heavy atom. The average Bonchev–Trinajstić information content (AvgIpc) is 2.40. The Hall–Kier alpha value is -1.19. The fraction of sp³-hybridized carbons (Fsp3) is 0.688. The van der Waals surface area contributed by atoms with Crippen molar-refractivity contribution in [2.75, 3.05) is 0 Å². The fourth-order valence-corrected chi connectivity index (χ4v) is 3.52. The standard InChI is InChI=1S/C16H22F2O2/c1-11-2-4-12(5-3-11)13-6-8-16(9-7-13,15(19)20)10-14(17)18/h2-4,12-14H,5-10H2,1H3,(H,19,20). The number of aliphatic carboxylic acids is 1. The summed E-state index contributed by atoms with van der Waals surface area (Å²) in [6.45, 7) is 2.06. The first-order valence-corrected chi connectivity index (χ1v) is 7.29. The van der Waals surface area contributed by atoms with E-state index in [4.69, 9.17) is 0 Å². The lowest BCUT2D eigenvalue weighted by atomic mass is 9.65. The molecule has 0 aliphatic heterocycles. The van der Waals surface area contributed by atoms with E-state index in [2.05, 4.69) is 25.2 Å². The van der Waals surface area contributed by atoms with Gasteiger partial charge in [-0.25, -0.2) is 8.78 Å². The fourth-order valence-electron chi connectivity index (χ4n) is 3.52. The van der Waals surface area contributed by atoms with Gasteiger partial charge in [0.2, 0.25) is 6.43 Å². The first kappa shape index (κ1) is 15.2. The summed E-state index contributed by atoms with van der Waals surface area (Å²) in [5.41, 5.74) is 0.0593. The van der Waals surface area contributed by atoms with E-state index in [0.29, 0.717) is 24.7 Å². The Kier molecular flexibility index (Phi) is 4.61. The van der Waals surface area contributed by atoms with Gasteiger partial charge in [0.05, 0.1) is 5.41 Å². The van der Waals surface area contributed by atoms with Gasteiger partial charge in [0.1, 0.15) is 0 Å². The van der Waals surface area contributed by atoms with E-state index in [1.165, 1.54) is 5.57 Å². The molecule has 1 atom stereocenters. The summed E-state index contributed by atoms with van der Waals surface area (Å²) in [6, 6.07) is 0. The van der Waals surface area contributed by atoms with Gasteiger partial charge in [0.15, 0.2) is 0 Å². The van der Waals surface area contributed by atoms with Gasteiger partial charge in [-0.2, -0.15) is 0 Å². The van der Waals surface area contributed by atoms with Gasteiger partial charge < -0.3 is 5.11 Å². The smallest absolute Gasteiger partial charge is 0.309 e. The maximum Gasteiger partial charge on any atom is 0.309 e. The van der Waals surface area contributed by atoms with Crippen LogP contribution in [0.3, 0.4) is 0 Å². The number of alkyl halides is 2. The van der Waals surface area contributed by atoms with Crippen LogP contribution >= 0.6 is 0 Å². The molecule has 112 valence electrons. The number of hydrogen-bond donors (Lipinski definition) is 1. The Bertz CT molecular complexity index is 418. The van der Waals surface area contributed by atoms with Gasteiger partial charge in [-0.3, -0.25) is 4.79 Å². The van der Waals surface area contributed by atoms with Gasteiger partial charge in [-0.1, -0.05) is 23.8 Å². The topological polar surface area (TPSA) is 37.3 Å². The van der Waals surface area contributed by atoms with Crippen LogP contribution in [0.15, 0.2) is 23.8 Å². The van der Waals surface area contributed by atoms with Gasteiger partial charge in [0.25, 0.3) is 0 Å². The molecule has 2 aliphatic carbocycles. The molecule has 4 heteroatoms. The van der Waals surface area contributed by atoms with Crippen LogP contribution in [0.4, 0.5) is 8.78 Å². The van der Waals surface area contributed by atoms with Gasteiger partial charge in [0, 0.05) is 6.42 Å². The first-order chi connectivity index (χ1) is 9.43. The van der Waals surface area contributed by atoms with Crippen molar-refractivity contribution >= 4 is 5.97 Å². The van der Waals surface area contributed by atoms with Crippen LogP contribution in [0.25, 0.3) is 0 Å². The zero-order valence-electron chi connectivity index (χ0n) is 11.8. The van der Waals surface area contributed by atoms with E-state index in [-0.39, 0.29) is 0 Å². The van der Waals surface area contributed by atoms with Crippen molar-refractivity contribution in [3.05, 3.63) is 23.8 Å². The maximum absolute atomic E-state index is 12.6. The summed E-state index contributed by atoms with van der Waals surface area (Å²) >= 11 is 0. The van der Waals surface area contributed by atoms with E-state index in [9.17, 15) is 18.7 Å². The molecule has 1 unspecified atom stereocenters. The molecule has 0 spiro atoms. The SMILES string of the molecule is CC1=CCC(C2CCC(CC(F)F)(C(=O)O)CC2)C=C1. The number of carbonyl (C=O) groups is 1. The minimum atomic E-state index is -2.54. The summed E-state index contributed by atoms with van der Waals surface area (Å²) in [5, 5.41) is 9.31. The molecular formula is C16H22F2O2. The zero-order valence-corrected chi connectivity index (χ0v) is 11.8. The molecule has 20 heavy (non-hydrogen) atoms. The molecule has 1 saturated carbocycles. The molecule has 0 bridgehead atoms. The van der Waals surface area contributed by atoms with E-state index < -0.39 is 24.2 Å². The van der Waals surface area contributed by atoms with Crippen molar-refractivity contribution in [3.63, 3.8) is 0 Å². The number of halogens is 2. The summed E-state index contributed by atoms with van der Waals surface area (Å²) in [5.74, 6) is -0.177. The molecule has 2 nitrogen and oxygen atoms in total. The molecule has 0 aromatic heterocycles. The number of carboxylic acid groups (broad SMARTS) is 1. The van der Waals surface area contributed by atoms with Crippen LogP contribution in [0.1, 0.15) is 45.4 Å². The third-order valence-electron chi connectivity index (χ3n) is 4.91. The van der Waals surface area contributed by atoms with Crippen molar-refractivity contribution in [1.29, 1.82) is 0 Å². The minimum absolute atomic E-state index is 0.379. The lowest BCUT2D eigenvalue weighted by molar-refractivity contribution is -0.155. The lowest BCUT2D eigenvalue weighted by Gasteiger charge is -2.39. The quantitative estimate of drug-likeness (QED) is 0.829. The maximum atomic E-state index is 12.6. The zero-order chi connectivity index (χ0) is 14.8. The molecule has 0 aromatic carbocycles. The van der Waals surface area contributed by atoms with Crippen LogP contribution in [0.2, 0.25) is 0 Å². The molecule has 0 saturated heterocycles. The van der Waals surface area contributed by atoms with Crippen molar-refractivity contribution in [3.8, 4) is 0 Å². The van der Waals surface area contributed by atoms with Crippen LogP contribution in [0.5, 0.6) is 0 Å². The summed E-state index contributed by atoms with van der Waals surface area (Å²) in [7, 11) is 0. The van der Waals surface area contributed by atoms with Gasteiger partial charge in [-0.05, 0) is 50.9 Å². The third-order valence-corrected chi connectivity index (χ3v) is 4.91. The van der Waals surface area contributed by atoms with Gasteiger partial charge >= 0.3 is 5.97 Å². The van der Waals surface area contributed by atoms with E-state index in [0.717, 1.165) is 19.3 Å². The highest BCUT2D eigenvalue weighted by Gasteiger charge is 2.44. The number of carboxylic acids is 1. The normalized spacial score (nSPS) is 34.1. The molecule has 1 N–H and O–H groups in total. The summed E-state index contributed by atoms with van der Waals surface area (Å²) in [4.78, 5) is 11.4. The molecule has 1 fully saturated rings. The predicted octanol–water partition coefficient (Wildman–Crippen LogP) is 4.43. The van der Waals surface area contributed by atoms with Crippen LogP contribution in [0, 0.1) is 17.3 Å². The Morgan fingerprint density at radius 1 is 1.45 bits per heavy atom. The van der Waals surface area contributed by atoms with E-state index in [1.54, 1.807) is 0 Å². The Labute approximate surface area is 118 Å². The van der Waals surface area contributed by atoms with E-state index >= 15 is 0 Å². The molecule has 0 radical (unpaired) electrons. The molecule has 2 aliphatic rings. The Morgan fingerprint density at radius 3 is 2.55 bits per heavy atom. The predicted molar refractivity (Wildman–Crippen MR) is 73.7 cm³/mol. The second-order valence-electron chi connectivity index (χ2n) is 6.22. The Balaban J connectivity index is 1.97. The van der Waals surface area contributed by atoms with Crippen molar-refractivity contribution in [1.82, 2.24) is 0 Å². The third kappa shape index (κ3) is 3.28. The summed E-state index contributed by atoms with van der Waals surface area (Å²) in [6.07, 6.45) is 6.67. The van der Waals surface area contributed by atoms with Crippen LogP contribution < -0.4 is 0 Å². The molecular weight excluding hydrogens is 262 g/mol. The second-order valence-corrected chi connectivity index (χ2v) is 6.22. The molecule has 0 amide bonds. The highest BCUT2D eigenvalue weighted by molar-refractivity contribution is 5.74. The van der Waals surface area contributed by atoms with E-state index in [1.807, 2.05) is 0 Å². The average molecular weight is 284 g/mol. The lowest BCUT2D eigenvalue weighted by Crippen LogP contribution is -2.38. The first-order valence-electron chi connectivity index (χ1n) is 7.29. The highest BCUT2D eigenvalue weighted by atomic mass is 19.3. The second kappa shape index (κ2) is 6.06. The summed E-state index contributed by atoms with van der Waals surface area (Å²) < 4.78 is 25.3. The van der Waals surface area contributed by atoms with Crippen molar-refractivity contribution in [2.45, 2.75) is 51.9 Å². The van der Waals surface area contributed by atoms with Crippen molar-refractivity contribution in [2.24, 2.45) is 17.3 Å². The highest BCUT2D eigenvalue weighted by Crippen LogP contribution is 2.46. The largest absolute Gasteiger partial charge is 0.481 e. The number of rotatable bonds is 4. The van der Waals surface area contributed by atoms with Gasteiger partial charge in [-0.15, -0.1) is 0 Å². The van der Waals surface area contributed by atoms with Crippen LogP contribution in [-0.4, -0.2) is 17.5 Å². The minimum Gasteiger partial charge on any atom is -0.481 e. The van der Waals surface area contributed by atoms with Crippen LogP contribution in [-0.2, 0) is 4.79 Å². The van der Waals surface area contributed by atoms with Crippen molar-refractivity contribution < 1.29 is 18.7 Å². The number of hydrogen-bond acceptors (Lipinski definition) is 1. The molecule has 0 heterocycles.